The molecule has 2 heterocycles. The number of nitrogens with one attached hydrogen (secondary N) is 1. The van der Waals surface area contributed by atoms with Gasteiger partial charge in [0.15, 0.2) is 11.1 Å². The summed E-state index contributed by atoms with van der Waals surface area (Å²) in [6.45, 7) is 6.50. The Balaban J connectivity index is 1.51. The van der Waals surface area contributed by atoms with E-state index in [-0.39, 0.29) is 5.91 Å². The normalized spacial score (nSPS) is 15.2. The molecule has 1 aromatic carbocycles. The van der Waals surface area contributed by atoms with Crippen molar-refractivity contribution in [1.29, 1.82) is 0 Å². The first-order valence-corrected chi connectivity index (χ1v) is 9.61. The monoisotopic (exact) mass is 372 g/mol. The molecule has 26 heavy (non-hydrogen) atoms. The van der Waals surface area contributed by atoms with Gasteiger partial charge in [-0.25, -0.2) is 9.98 Å². The quantitative estimate of drug-likeness (QED) is 0.614. The van der Waals surface area contributed by atoms with Crippen molar-refractivity contribution in [1.82, 2.24) is 15.2 Å². The zero-order chi connectivity index (χ0) is 18.4. The van der Waals surface area contributed by atoms with Crippen molar-refractivity contribution in [3.63, 3.8) is 0 Å². The molecule has 138 valence electrons. The largest absolute Gasteiger partial charge is 0.370 e. The number of aromatic nitrogens is 1. The highest BCUT2D eigenvalue weighted by molar-refractivity contribution is 7.13. The summed E-state index contributed by atoms with van der Waals surface area (Å²) in [5.74, 6) is 0.511. The first-order valence-electron chi connectivity index (χ1n) is 8.74. The minimum absolute atomic E-state index is 0.0554. The van der Waals surface area contributed by atoms with Gasteiger partial charge in [0, 0.05) is 49.9 Å². The summed E-state index contributed by atoms with van der Waals surface area (Å²) >= 11 is 1.66. The van der Waals surface area contributed by atoms with Crippen LogP contribution in [0.4, 0.5) is 5.13 Å². The number of nitrogens with zero attached hydrogens (tertiary/aromatic N) is 4. The molecule has 1 aliphatic heterocycles. The van der Waals surface area contributed by atoms with Crippen LogP contribution < -0.4 is 16.0 Å². The summed E-state index contributed by atoms with van der Waals surface area (Å²) in [6.07, 6.45) is 1.83. The van der Waals surface area contributed by atoms with Crippen LogP contribution in [-0.4, -0.2) is 54.5 Å². The van der Waals surface area contributed by atoms with Crippen LogP contribution in [0.2, 0.25) is 0 Å². The molecule has 1 saturated heterocycles. The number of aliphatic imine (C=N–C) groups is 1. The van der Waals surface area contributed by atoms with Gasteiger partial charge in [0.1, 0.15) is 0 Å². The summed E-state index contributed by atoms with van der Waals surface area (Å²) in [6, 6.07) is 7.47. The molecular formula is C18H24N6OS. The van der Waals surface area contributed by atoms with Gasteiger partial charge < -0.3 is 20.9 Å². The summed E-state index contributed by atoms with van der Waals surface area (Å²) in [5.41, 5.74) is 7.85. The standard InChI is InChI=1S/C18H24N6OS/c1-2-20-16(25)15-5-3-14(4-6-15)13-22-17(19)23-8-10-24(11-9-23)18-21-7-12-26-18/h3-7,12H,2,8-11,13H2,1H3,(H2,19,22)(H,20,25). The second-order valence-corrected chi connectivity index (χ2v) is 6.89. The zero-order valence-electron chi connectivity index (χ0n) is 14.9. The SMILES string of the molecule is CCNC(=O)c1ccc(CN=C(N)N2CCN(c3nccs3)CC2)cc1. The highest BCUT2D eigenvalue weighted by atomic mass is 32.1. The van der Waals surface area contributed by atoms with Crippen molar-refractivity contribution in [2.45, 2.75) is 13.5 Å². The Bertz CT molecular complexity index is 736. The van der Waals surface area contributed by atoms with E-state index in [1.165, 1.54) is 0 Å². The molecule has 0 bridgehead atoms. The minimum Gasteiger partial charge on any atom is -0.370 e. The van der Waals surface area contributed by atoms with Crippen molar-refractivity contribution in [3.8, 4) is 0 Å². The van der Waals surface area contributed by atoms with Gasteiger partial charge in [-0.05, 0) is 24.6 Å². The lowest BCUT2D eigenvalue weighted by atomic mass is 10.1. The predicted octanol–water partition coefficient (Wildman–Crippen LogP) is 1.53. The van der Waals surface area contributed by atoms with Crippen LogP contribution in [0, 0.1) is 0 Å². The number of hydrogen-bond acceptors (Lipinski definition) is 5. The van der Waals surface area contributed by atoms with Crippen LogP contribution in [0.25, 0.3) is 0 Å². The van der Waals surface area contributed by atoms with Crippen LogP contribution in [0.1, 0.15) is 22.8 Å². The van der Waals surface area contributed by atoms with Crippen molar-refractivity contribution in [2.24, 2.45) is 10.7 Å². The van der Waals surface area contributed by atoms with Gasteiger partial charge in [-0.3, -0.25) is 4.79 Å². The number of benzene rings is 1. The van der Waals surface area contributed by atoms with E-state index < -0.39 is 0 Å². The molecule has 1 aliphatic rings. The van der Waals surface area contributed by atoms with E-state index in [1.807, 2.05) is 42.8 Å². The van der Waals surface area contributed by atoms with Crippen molar-refractivity contribution in [2.75, 3.05) is 37.6 Å². The van der Waals surface area contributed by atoms with Gasteiger partial charge in [-0.1, -0.05) is 12.1 Å². The van der Waals surface area contributed by atoms with Gasteiger partial charge >= 0.3 is 0 Å². The molecule has 7 nitrogen and oxygen atoms in total. The third kappa shape index (κ3) is 4.51. The molecule has 8 heteroatoms. The topological polar surface area (TPSA) is 86.8 Å². The zero-order valence-corrected chi connectivity index (χ0v) is 15.7. The Hall–Kier alpha value is -2.61. The average molecular weight is 372 g/mol. The molecule has 3 N–H and O–H groups in total. The maximum absolute atomic E-state index is 11.8. The number of carbonyl (C=O) groups is 1. The fourth-order valence-electron chi connectivity index (χ4n) is 2.80. The van der Waals surface area contributed by atoms with Gasteiger partial charge in [0.25, 0.3) is 5.91 Å². The van der Waals surface area contributed by atoms with Gasteiger partial charge in [0.05, 0.1) is 6.54 Å². The Kier molecular flexibility index (Phi) is 6.06. The third-order valence-corrected chi connectivity index (χ3v) is 5.10. The molecule has 3 rings (SSSR count). The summed E-state index contributed by atoms with van der Waals surface area (Å²) in [5, 5.41) is 5.84. The number of anilines is 1. The predicted molar refractivity (Wildman–Crippen MR) is 106 cm³/mol. The van der Waals surface area contributed by atoms with Crippen LogP contribution in [0.15, 0.2) is 40.8 Å². The number of amides is 1. The number of carbonyl (C=O) groups excluding carboxylic acids is 1. The number of piperazine rings is 1. The van der Waals surface area contributed by atoms with E-state index in [2.05, 4.69) is 25.1 Å². The molecule has 1 amide bonds. The second-order valence-electron chi connectivity index (χ2n) is 6.02. The lowest BCUT2D eigenvalue weighted by Gasteiger charge is -2.35. The molecule has 1 fully saturated rings. The molecular weight excluding hydrogens is 348 g/mol. The summed E-state index contributed by atoms with van der Waals surface area (Å²) < 4.78 is 0. The van der Waals surface area contributed by atoms with Crippen LogP contribution in [-0.2, 0) is 6.54 Å². The smallest absolute Gasteiger partial charge is 0.251 e. The maximum atomic E-state index is 11.8. The van der Waals surface area contributed by atoms with E-state index in [0.29, 0.717) is 24.6 Å². The van der Waals surface area contributed by atoms with Crippen molar-refractivity contribution < 1.29 is 4.79 Å². The minimum atomic E-state index is -0.0554. The highest BCUT2D eigenvalue weighted by Crippen LogP contribution is 2.18. The van der Waals surface area contributed by atoms with E-state index in [0.717, 1.165) is 36.9 Å². The third-order valence-electron chi connectivity index (χ3n) is 4.27. The first-order chi connectivity index (χ1) is 12.7. The number of guanidine groups is 1. The Morgan fingerprint density at radius 3 is 2.62 bits per heavy atom. The number of thiazole rings is 1. The van der Waals surface area contributed by atoms with Crippen LogP contribution >= 0.6 is 11.3 Å². The van der Waals surface area contributed by atoms with E-state index in [1.54, 1.807) is 11.3 Å². The molecule has 2 aromatic rings. The van der Waals surface area contributed by atoms with Crippen molar-refractivity contribution in [3.05, 3.63) is 47.0 Å². The highest BCUT2D eigenvalue weighted by Gasteiger charge is 2.19. The number of hydrogen-bond donors (Lipinski definition) is 2. The first kappa shape index (κ1) is 18.2. The Labute approximate surface area is 157 Å². The van der Waals surface area contributed by atoms with Gasteiger partial charge in [-0.15, -0.1) is 11.3 Å². The van der Waals surface area contributed by atoms with Crippen LogP contribution in [0.3, 0.4) is 0 Å². The molecule has 0 spiro atoms. The fourth-order valence-corrected chi connectivity index (χ4v) is 3.49. The fraction of sp³-hybridized carbons (Fsp3) is 0.389. The van der Waals surface area contributed by atoms with Gasteiger partial charge in [0.2, 0.25) is 0 Å². The number of rotatable bonds is 5. The molecule has 0 saturated carbocycles. The lowest BCUT2D eigenvalue weighted by Crippen LogP contribution is -2.51. The van der Waals surface area contributed by atoms with E-state index in [4.69, 9.17) is 5.73 Å². The Morgan fingerprint density at radius 1 is 1.27 bits per heavy atom. The molecule has 0 radical (unpaired) electrons. The molecule has 0 unspecified atom stereocenters. The van der Waals surface area contributed by atoms with E-state index >= 15 is 0 Å². The van der Waals surface area contributed by atoms with Crippen molar-refractivity contribution >= 4 is 28.3 Å². The second kappa shape index (κ2) is 8.66. The van der Waals surface area contributed by atoms with E-state index in [9.17, 15) is 4.79 Å². The van der Waals surface area contributed by atoms with Gasteiger partial charge in [-0.2, -0.15) is 0 Å². The Morgan fingerprint density at radius 2 is 2.00 bits per heavy atom. The summed E-state index contributed by atoms with van der Waals surface area (Å²) in [7, 11) is 0. The maximum Gasteiger partial charge on any atom is 0.251 e. The molecule has 0 aliphatic carbocycles. The average Bonchev–Trinajstić information content (AvgIpc) is 3.21. The molecule has 0 atom stereocenters. The summed E-state index contributed by atoms with van der Waals surface area (Å²) in [4.78, 5) is 25.0. The molecule has 1 aromatic heterocycles. The lowest BCUT2D eigenvalue weighted by molar-refractivity contribution is 0.0956. The van der Waals surface area contributed by atoms with Crippen LogP contribution in [0.5, 0.6) is 0 Å². The number of nitrogens with two attached hydrogens (primary N) is 1.